The SMILES string of the molecule is CN=C(NCCCN(C)C1CCCCC1)NCCC(F)(F)F. The van der Waals surface area contributed by atoms with Crippen LogP contribution in [0.1, 0.15) is 44.9 Å². The van der Waals surface area contributed by atoms with Crippen LogP contribution in [0.15, 0.2) is 4.99 Å². The molecule has 0 heterocycles. The van der Waals surface area contributed by atoms with Gasteiger partial charge in [0.05, 0.1) is 6.42 Å². The van der Waals surface area contributed by atoms with E-state index in [0.29, 0.717) is 18.5 Å². The molecule has 1 fully saturated rings. The van der Waals surface area contributed by atoms with Crippen LogP contribution in [0.25, 0.3) is 0 Å². The van der Waals surface area contributed by atoms with Gasteiger partial charge in [0, 0.05) is 26.2 Å². The van der Waals surface area contributed by atoms with Gasteiger partial charge < -0.3 is 15.5 Å². The second kappa shape index (κ2) is 9.92. The van der Waals surface area contributed by atoms with Crippen molar-refractivity contribution in [3.05, 3.63) is 0 Å². The summed E-state index contributed by atoms with van der Waals surface area (Å²) in [6, 6.07) is 0.693. The number of nitrogens with zero attached hydrogens (tertiary/aromatic N) is 2. The van der Waals surface area contributed by atoms with Crippen molar-refractivity contribution in [3.8, 4) is 0 Å². The molecule has 0 radical (unpaired) electrons. The molecule has 1 aliphatic carbocycles. The molecule has 0 saturated heterocycles. The molecule has 0 aliphatic heterocycles. The normalized spacial score (nSPS) is 17.8. The highest BCUT2D eigenvalue weighted by atomic mass is 19.4. The molecule has 2 N–H and O–H groups in total. The molecule has 0 amide bonds. The van der Waals surface area contributed by atoms with Gasteiger partial charge in [-0.1, -0.05) is 19.3 Å². The topological polar surface area (TPSA) is 39.7 Å². The van der Waals surface area contributed by atoms with Gasteiger partial charge in [-0.3, -0.25) is 4.99 Å². The standard InChI is InChI=1S/C15H29F3N4/c1-19-14(21-11-9-15(16,17)18)20-10-6-12-22(2)13-7-4-3-5-8-13/h13H,3-12H2,1-2H3,(H2,19,20,21). The van der Waals surface area contributed by atoms with E-state index in [1.54, 1.807) is 7.05 Å². The van der Waals surface area contributed by atoms with Crippen molar-refractivity contribution in [1.82, 2.24) is 15.5 Å². The predicted molar refractivity (Wildman–Crippen MR) is 84.2 cm³/mol. The summed E-state index contributed by atoms with van der Waals surface area (Å²) in [5.74, 6) is 0.435. The van der Waals surface area contributed by atoms with Crippen molar-refractivity contribution in [3.63, 3.8) is 0 Å². The number of hydrogen-bond acceptors (Lipinski definition) is 2. The molecule has 0 bridgehead atoms. The van der Waals surface area contributed by atoms with E-state index in [0.717, 1.165) is 13.0 Å². The van der Waals surface area contributed by atoms with Crippen LogP contribution in [0.2, 0.25) is 0 Å². The van der Waals surface area contributed by atoms with Gasteiger partial charge >= 0.3 is 6.18 Å². The molecule has 4 nitrogen and oxygen atoms in total. The maximum atomic E-state index is 12.1. The first-order chi connectivity index (χ1) is 10.4. The van der Waals surface area contributed by atoms with Crippen LogP contribution in [-0.4, -0.2) is 56.8 Å². The molecule has 0 atom stereocenters. The van der Waals surface area contributed by atoms with Gasteiger partial charge in [0.2, 0.25) is 0 Å². The molecule has 0 aromatic heterocycles. The highest BCUT2D eigenvalue weighted by molar-refractivity contribution is 5.79. The zero-order valence-corrected chi connectivity index (χ0v) is 13.7. The van der Waals surface area contributed by atoms with E-state index >= 15 is 0 Å². The second-order valence-corrected chi connectivity index (χ2v) is 5.92. The van der Waals surface area contributed by atoms with Crippen LogP contribution in [0, 0.1) is 0 Å². The van der Waals surface area contributed by atoms with E-state index in [-0.39, 0.29) is 6.54 Å². The number of aliphatic imine (C=N–C) groups is 1. The van der Waals surface area contributed by atoms with Gasteiger partial charge in [-0.2, -0.15) is 13.2 Å². The fourth-order valence-corrected chi connectivity index (χ4v) is 2.78. The summed E-state index contributed by atoms with van der Waals surface area (Å²) in [7, 11) is 3.73. The zero-order chi connectivity index (χ0) is 16.4. The van der Waals surface area contributed by atoms with Gasteiger partial charge in [-0.05, 0) is 32.9 Å². The highest BCUT2D eigenvalue weighted by Gasteiger charge is 2.26. The van der Waals surface area contributed by atoms with Gasteiger partial charge in [0.15, 0.2) is 5.96 Å². The maximum absolute atomic E-state index is 12.1. The molecule has 0 aromatic rings. The fourth-order valence-electron chi connectivity index (χ4n) is 2.78. The van der Waals surface area contributed by atoms with E-state index in [2.05, 4.69) is 27.6 Å². The number of hydrogen-bond donors (Lipinski definition) is 2. The first-order valence-electron chi connectivity index (χ1n) is 8.14. The van der Waals surface area contributed by atoms with E-state index in [1.807, 2.05) is 0 Å². The summed E-state index contributed by atoms with van der Waals surface area (Å²) < 4.78 is 36.2. The predicted octanol–water partition coefficient (Wildman–Crippen LogP) is 2.76. The maximum Gasteiger partial charge on any atom is 0.390 e. The Morgan fingerprint density at radius 1 is 1.14 bits per heavy atom. The third-order valence-corrected chi connectivity index (χ3v) is 4.10. The molecule has 130 valence electrons. The lowest BCUT2D eigenvalue weighted by atomic mass is 9.94. The minimum Gasteiger partial charge on any atom is -0.356 e. The number of halogens is 3. The van der Waals surface area contributed by atoms with Crippen molar-refractivity contribution in [2.45, 2.75) is 57.2 Å². The quantitative estimate of drug-likeness (QED) is 0.430. The van der Waals surface area contributed by atoms with E-state index in [1.165, 1.54) is 32.1 Å². The van der Waals surface area contributed by atoms with Crippen molar-refractivity contribution in [2.75, 3.05) is 33.7 Å². The minimum absolute atomic E-state index is 0.148. The smallest absolute Gasteiger partial charge is 0.356 e. The van der Waals surface area contributed by atoms with Gasteiger partial charge in [-0.25, -0.2) is 0 Å². The Kier molecular flexibility index (Phi) is 8.60. The Balaban J connectivity index is 2.11. The first-order valence-corrected chi connectivity index (χ1v) is 8.14. The van der Waals surface area contributed by atoms with E-state index in [4.69, 9.17) is 0 Å². The minimum atomic E-state index is -4.13. The fraction of sp³-hybridized carbons (Fsp3) is 0.933. The average Bonchev–Trinajstić information content (AvgIpc) is 2.49. The number of guanidine groups is 1. The largest absolute Gasteiger partial charge is 0.390 e. The molecule has 1 saturated carbocycles. The highest BCUT2D eigenvalue weighted by Crippen LogP contribution is 2.21. The first kappa shape index (κ1) is 19.1. The zero-order valence-electron chi connectivity index (χ0n) is 13.7. The summed E-state index contributed by atoms with van der Waals surface area (Å²) in [6.07, 6.45) is 2.53. The van der Waals surface area contributed by atoms with Gasteiger partial charge in [0.25, 0.3) is 0 Å². The lowest BCUT2D eigenvalue weighted by Gasteiger charge is -2.31. The molecular weight excluding hydrogens is 293 g/mol. The van der Waals surface area contributed by atoms with Crippen LogP contribution in [0.4, 0.5) is 13.2 Å². The molecule has 1 aliphatic rings. The Morgan fingerprint density at radius 3 is 2.36 bits per heavy atom. The van der Waals surface area contributed by atoms with Crippen LogP contribution < -0.4 is 10.6 Å². The van der Waals surface area contributed by atoms with Crippen molar-refractivity contribution in [2.24, 2.45) is 4.99 Å². The third kappa shape index (κ3) is 8.46. The Bertz CT molecular complexity index is 325. The Hall–Kier alpha value is -0.980. The second-order valence-electron chi connectivity index (χ2n) is 5.92. The molecule has 0 unspecified atom stereocenters. The molecular formula is C15H29F3N4. The third-order valence-electron chi connectivity index (χ3n) is 4.10. The summed E-state index contributed by atoms with van der Waals surface area (Å²) in [4.78, 5) is 6.33. The molecule has 0 aromatic carbocycles. The monoisotopic (exact) mass is 322 g/mol. The molecule has 22 heavy (non-hydrogen) atoms. The lowest BCUT2D eigenvalue weighted by Crippen LogP contribution is -2.40. The van der Waals surface area contributed by atoms with Gasteiger partial charge in [-0.15, -0.1) is 0 Å². The average molecular weight is 322 g/mol. The van der Waals surface area contributed by atoms with Crippen LogP contribution in [0.3, 0.4) is 0 Å². The number of nitrogens with one attached hydrogen (secondary N) is 2. The Labute approximate surface area is 131 Å². The van der Waals surface area contributed by atoms with E-state index in [9.17, 15) is 13.2 Å². The van der Waals surface area contributed by atoms with Crippen molar-refractivity contribution >= 4 is 5.96 Å². The van der Waals surface area contributed by atoms with E-state index < -0.39 is 12.6 Å². The summed E-state index contributed by atoms with van der Waals surface area (Å²) in [5.41, 5.74) is 0. The molecule has 0 spiro atoms. The lowest BCUT2D eigenvalue weighted by molar-refractivity contribution is -0.132. The molecule has 7 heteroatoms. The Morgan fingerprint density at radius 2 is 1.77 bits per heavy atom. The van der Waals surface area contributed by atoms with Crippen molar-refractivity contribution in [1.29, 1.82) is 0 Å². The van der Waals surface area contributed by atoms with Gasteiger partial charge in [0.1, 0.15) is 0 Å². The number of alkyl halides is 3. The molecule has 1 rings (SSSR count). The van der Waals surface area contributed by atoms with Crippen LogP contribution >= 0.6 is 0 Å². The summed E-state index contributed by atoms with van der Waals surface area (Å²) in [5, 5.41) is 5.74. The summed E-state index contributed by atoms with van der Waals surface area (Å²) in [6.45, 7) is 1.56. The van der Waals surface area contributed by atoms with Crippen LogP contribution in [-0.2, 0) is 0 Å². The van der Waals surface area contributed by atoms with Crippen molar-refractivity contribution < 1.29 is 13.2 Å². The van der Waals surface area contributed by atoms with Crippen LogP contribution in [0.5, 0.6) is 0 Å². The number of rotatable bonds is 7. The summed E-state index contributed by atoms with van der Waals surface area (Å²) >= 11 is 0.